The Kier molecular flexibility index (Phi) is 4.92. The van der Waals surface area contributed by atoms with Crippen molar-refractivity contribution in [3.05, 3.63) is 53.4 Å². The minimum atomic E-state index is -0.686. The van der Waals surface area contributed by atoms with Crippen LogP contribution in [-0.4, -0.2) is 37.8 Å². The van der Waals surface area contributed by atoms with Crippen molar-refractivity contribution in [3.63, 3.8) is 0 Å². The van der Waals surface area contributed by atoms with E-state index in [0.29, 0.717) is 42.6 Å². The van der Waals surface area contributed by atoms with Gasteiger partial charge in [-0.15, -0.1) is 5.10 Å². The lowest BCUT2D eigenvalue weighted by Crippen LogP contribution is -2.28. The molecular formula is C16H16F2N6O. The standard InChI is InChI=1S/C16H16F2N6O/c1-10(3-2-4-15-20-22-23-21-15)16(25)24-14(5-6-19-24)11-7-12(17)9-13(18)8-11/h6-9,14H,1-5H2,(H,20,21,22,23). The van der Waals surface area contributed by atoms with Gasteiger partial charge in [-0.1, -0.05) is 6.58 Å². The Morgan fingerprint density at radius 3 is 2.76 bits per heavy atom. The molecular weight excluding hydrogens is 330 g/mol. The quantitative estimate of drug-likeness (QED) is 0.813. The lowest BCUT2D eigenvalue weighted by atomic mass is 10.0. The number of hydrogen-bond donors (Lipinski definition) is 1. The third-order valence-corrected chi connectivity index (χ3v) is 3.89. The van der Waals surface area contributed by atoms with Gasteiger partial charge in [-0.2, -0.15) is 5.10 Å². The Morgan fingerprint density at radius 2 is 2.08 bits per heavy atom. The highest BCUT2D eigenvalue weighted by molar-refractivity contribution is 5.94. The maximum atomic E-state index is 13.4. The minimum Gasteiger partial charge on any atom is -0.268 e. The molecule has 0 saturated carbocycles. The Morgan fingerprint density at radius 1 is 1.32 bits per heavy atom. The lowest BCUT2D eigenvalue weighted by Gasteiger charge is -2.23. The molecule has 1 aromatic heterocycles. The first-order valence-corrected chi connectivity index (χ1v) is 7.77. The lowest BCUT2D eigenvalue weighted by molar-refractivity contribution is -0.129. The molecule has 1 unspecified atom stereocenters. The van der Waals surface area contributed by atoms with Gasteiger partial charge in [-0.25, -0.2) is 18.9 Å². The number of tetrazole rings is 1. The second kappa shape index (κ2) is 7.29. The van der Waals surface area contributed by atoms with Crippen molar-refractivity contribution >= 4 is 12.1 Å². The number of nitrogens with zero attached hydrogens (tertiary/aromatic N) is 5. The third kappa shape index (κ3) is 3.93. The second-order valence-electron chi connectivity index (χ2n) is 5.71. The fourth-order valence-corrected chi connectivity index (χ4v) is 2.68. The van der Waals surface area contributed by atoms with E-state index in [2.05, 4.69) is 32.3 Å². The molecule has 0 saturated heterocycles. The summed E-state index contributed by atoms with van der Waals surface area (Å²) in [7, 11) is 0. The van der Waals surface area contributed by atoms with Crippen LogP contribution < -0.4 is 0 Å². The summed E-state index contributed by atoms with van der Waals surface area (Å²) in [6, 6.07) is 2.68. The molecule has 0 aliphatic carbocycles. The van der Waals surface area contributed by atoms with Crippen molar-refractivity contribution in [3.8, 4) is 0 Å². The number of carbonyl (C=O) groups is 1. The van der Waals surface area contributed by atoms with Gasteiger partial charge in [-0.05, 0) is 41.0 Å². The summed E-state index contributed by atoms with van der Waals surface area (Å²) in [6.07, 6.45) is 3.61. The van der Waals surface area contributed by atoms with Crippen molar-refractivity contribution < 1.29 is 13.6 Å². The molecule has 1 aliphatic heterocycles. The summed E-state index contributed by atoms with van der Waals surface area (Å²) in [5.41, 5.74) is 0.734. The van der Waals surface area contributed by atoms with Gasteiger partial charge in [0.1, 0.15) is 17.5 Å². The number of carbonyl (C=O) groups excluding carboxylic acids is 1. The van der Waals surface area contributed by atoms with E-state index in [-0.39, 0.29) is 5.91 Å². The number of hydrogen-bond acceptors (Lipinski definition) is 5. The minimum absolute atomic E-state index is 0.362. The Labute approximate surface area is 142 Å². The van der Waals surface area contributed by atoms with Gasteiger partial charge in [0.2, 0.25) is 0 Å². The summed E-state index contributed by atoms with van der Waals surface area (Å²) >= 11 is 0. The molecule has 0 radical (unpaired) electrons. The van der Waals surface area contributed by atoms with Crippen molar-refractivity contribution in [1.82, 2.24) is 25.6 Å². The SMILES string of the molecule is C=C(CCCc1nnn[nH]1)C(=O)N1N=CCC1c1cc(F)cc(F)c1. The maximum absolute atomic E-state index is 13.4. The van der Waals surface area contributed by atoms with Crippen LogP contribution in [0.4, 0.5) is 8.78 Å². The van der Waals surface area contributed by atoms with E-state index in [0.717, 1.165) is 6.07 Å². The number of aryl methyl sites for hydroxylation is 1. The van der Waals surface area contributed by atoms with Gasteiger partial charge in [0.05, 0.1) is 6.04 Å². The number of aromatic nitrogens is 4. The average Bonchev–Trinajstić information content (AvgIpc) is 3.24. The molecule has 9 heteroatoms. The molecule has 0 bridgehead atoms. The maximum Gasteiger partial charge on any atom is 0.269 e. The van der Waals surface area contributed by atoms with E-state index in [1.54, 1.807) is 6.21 Å². The fourth-order valence-electron chi connectivity index (χ4n) is 2.68. The Hall–Kier alpha value is -2.97. The van der Waals surface area contributed by atoms with E-state index in [1.807, 2.05) is 0 Å². The third-order valence-electron chi connectivity index (χ3n) is 3.89. The number of H-pyrrole nitrogens is 1. The molecule has 1 atom stereocenters. The van der Waals surface area contributed by atoms with Gasteiger partial charge >= 0.3 is 0 Å². The van der Waals surface area contributed by atoms with Crippen LogP contribution in [0.1, 0.15) is 36.7 Å². The molecule has 2 aromatic rings. The van der Waals surface area contributed by atoms with E-state index >= 15 is 0 Å². The molecule has 7 nitrogen and oxygen atoms in total. The molecule has 0 spiro atoms. The summed E-state index contributed by atoms with van der Waals surface area (Å²) in [4.78, 5) is 12.6. The van der Waals surface area contributed by atoms with Crippen LogP contribution >= 0.6 is 0 Å². The van der Waals surface area contributed by atoms with Crippen molar-refractivity contribution in [2.45, 2.75) is 31.7 Å². The number of halogens is 2. The van der Waals surface area contributed by atoms with Crippen LogP contribution in [0.5, 0.6) is 0 Å². The van der Waals surface area contributed by atoms with Crippen LogP contribution in [0, 0.1) is 11.6 Å². The number of amides is 1. The van der Waals surface area contributed by atoms with Crippen molar-refractivity contribution in [1.29, 1.82) is 0 Å². The summed E-state index contributed by atoms with van der Waals surface area (Å²) < 4.78 is 26.9. The fraction of sp³-hybridized carbons (Fsp3) is 0.312. The van der Waals surface area contributed by atoms with E-state index < -0.39 is 17.7 Å². The molecule has 130 valence electrons. The molecule has 1 N–H and O–H groups in total. The summed E-state index contributed by atoms with van der Waals surface area (Å²) in [6.45, 7) is 3.81. The van der Waals surface area contributed by atoms with E-state index in [9.17, 15) is 13.6 Å². The zero-order valence-electron chi connectivity index (χ0n) is 13.3. The van der Waals surface area contributed by atoms with Crippen LogP contribution in [0.15, 0.2) is 35.5 Å². The first-order chi connectivity index (χ1) is 12.0. The molecule has 1 aliphatic rings. The van der Waals surface area contributed by atoms with Gasteiger partial charge in [0.25, 0.3) is 5.91 Å². The van der Waals surface area contributed by atoms with E-state index in [4.69, 9.17) is 0 Å². The molecule has 3 rings (SSSR count). The first-order valence-electron chi connectivity index (χ1n) is 7.77. The van der Waals surface area contributed by atoms with Crippen LogP contribution in [0.2, 0.25) is 0 Å². The Bertz CT molecular complexity index is 785. The van der Waals surface area contributed by atoms with Crippen LogP contribution in [0.25, 0.3) is 0 Å². The zero-order valence-corrected chi connectivity index (χ0v) is 13.3. The van der Waals surface area contributed by atoms with Gasteiger partial charge < -0.3 is 0 Å². The second-order valence-corrected chi connectivity index (χ2v) is 5.71. The van der Waals surface area contributed by atoms with Crippen LogP contribution in [0.3, 0.4) is 0 Å². The number of nitrogens with one attached hydrogen (secondary N) is 1. The van der Waals surface area contributed by atoms with Gasteiger partial charge in [0.15, 0.2) is 0 Å². The number of aromatic amines is 1. The molecule has 1 aromatic carbocycles. The molecule has 1 amide bonds. The molecule has 25 heavy (non-hydrogen) atoms. The van der Waals surface area contributed by atoms with Crippen LogP contribution in [-0.2, 0) is 11.2 Å². The monoisotopic (exact) mass is 346 g/mol. The predicted octanol–water partition coefficient (Wildman–Crippen LogP) is 2.32. The molecule has 0 fully saturated rings. The number of benzene rings is 1. The van der Waals surface area contributed by atoms with Crippen molar-refractivity contribution in [2.24, 2.45) is 5.10 Å². The molecule has 2 heterocycles. The number of hydrazone groups is 1. The zero-order chi connectivity index (χ0) is 17.8. The predicted molar refractivity (Wildman–Crippen MR) is 85.3 cm³/mol. The highest BCUT2D eigenvalue weighted by atomic mass is 19.1. The summed E-state index contributed by atoms with van der Waals surface area (Å²) in [5.74, 6) is -1.10. The highest BCUT2D eigenvalue weighted by Gasteiger charge is 2.30. The average molecular weight is 346 g/mol. The smallest absolute Gasteiger partial charge is 0.268 e. The van der Waals surface area contributed by atoms with Gasteiger partial charge in [-0.3, -0.25) is 4.79 Å². The van der Waals surface area contributed by atoms with Gasteiger partial charge in [0, 0.05) is 30.7 Å². The van der Waals surface area contributed by atoms with E-state index in [1.165, 1.54) is 17.1 Å². The highest BCUT2D eigenvalue weighted by Crippen LogP contribution is 2.30. The topological polar surface area (TPSA) is 87.1 Å². The normalized spacial score (nSPS) is 16.4. The van der Waals surface area contributed by atoms with Crippen molar-refractivity contribution in [2.75, 3.05) is 0 Å². The first kappa shape index (κ1) is 16.9. The summed E-state index contributed by atoms with van der Waals surface area (Å²) in [5, 5.41) is 18.6. The number of rotatable bonds is 6. The largest absolute Gasteiger partial charge is 0.269 e. The Balaban J connectivity index is 1.63.